The molecule has 4 heteroatoms. The molecule has 6 aromatic rings. The predicted molar refractivity (Wildman–Crippen MR) is 165 cm³/mol. The minimum atomic E-state index is 0. The Morgan fingerprint density at radius 2 is 0.897 bits per heavy atom. The van der Waals surface area contributed by atoms with Crippen LogP contribution in [0.5, 0.6) is 0 Å². The van der Waals surface area contributed by atoms with E-state index in [2.05, 4.69) is 135 Å². The third kappa shape index (κ3) is 10.0. The molecule has 0 bridgehead atoms. The molecule has 0 fully saturated rings. The van der Waals surface area contributed by atoms with Crippen LogP contribution < -0.4 is 24.8 Å². The minimum absolute atomic E-state index is 0. The molecule has 0 unspecified atom stereocenters. The van der Waals surface area contributed by atoms with Crippen LogP contribution in [0.4, 0.5) is 0 Å². The fourth-order valence-electron chi connectivity index (χ4n) is 4.73. The summed E-state index contributed by atoms with van der Waals surface area (Å²) in [5.74, 6) is 0. The van der Waals surface area contributed by atoms with Gasteiger partial charge in [0.05, 0.1) is 0 Å². The fraction of sp³-hybridized carbons (Fsp3) is 0.257. The maximum atomic E-state index is 2.97. The van der Waals surface area contributed by atoms with E-state index in [-0.39, 0.29) is 51.0 Å². The van der Waals surface area contributed by atoms with Crippen molar-refractivity contribution in [1.29, 1.82) is 0 Å². The van der Waals surface area contributed by atoms with Gasteiger partial charge in [-0.05, 0) is 10.8 Å². The molecular weight excluding hydrogens is 611 g/mol. The first kappa shape index (κ1) is 37.3. The van der Waals surface area contributed by atoms with Crippen LogP contribution in [0.25, 0.3) is 43.1 Å². The molecule has 6 aromatic carbocycles. The molecule has 0 aliphatic heterocycles. The van der Waals surface area contributed by atoms with E-state index in [9.17, 15) is 0 Å². The van der Waals surface area contributed by atoms with Crippen molar-refractivity contribution in [2.45, 2.75) is 59.9 Å². The Labute approximate surface area is 270 Å². The maximum absolute atomic E-state index is 2.97. The fourth-order valence-corrected chi connectivity index (χ4v) is 4.73. The van der Waals surface area contributed by atoms with E-state index < -0.39 is 0 Å². The zero-order chi connectivity index (χ0) is 25.9. The largest absolute Gasteiger partial charge is 4.00 e. The molecule has 0 atom stereocenters. The van der Waals surface area contributed by atoms with E-state index in [0.29, 0.717) is 0 Å². The molecule has 6 rings (SSSR count). The van der Waals surface area contributed by atoms with Gasteiger partial charge in [0.15, 0.2) is 0 Å². The van der Waals surface area contributed by atoms with Crippen LogP contribution in [0.2, 0.25) is 6.55 Å². The van der Waals surface area contributed by atoms with Crippen molar-refractivity contribution in [1.82, 2.24) is 0 Å². The maximum Gasteiger partial charge on any atom is 4.00 e. The molecule has 39 heavy (non-hydrogen) atoms. The second-order valence-electron chi connectivity index (χ2n) is 9.35. The van der Waals surface area contributed by atoms with E-state index in [4.69, 9.17) is 0 Å². The van der Waals surface area contributed by atoms with Gasteiger partial charge in [-0.25, -0.2) is 0 Å². The number of benzene rings is 4. The Hall–Kier alpha value is -1.70. The SMILES string of the molecule is CCCCCC.C[Si].Cc1cc2c(ccc3ccccc32)[cH-]1.Cc1cc2c(ccc3ccccc32)[cH-]1.[Cl-].[Cl-].[Zr+4]. The summed E-state index contributed by atoms with van der Waals surface area (Å²) in [6, 6.07) is 34.9. The first-order valence-electron chi connectivity index (χ1n) is 13.2. The Morgan fingerprint density at radius 3 is 1.26 bits per heavy atom. The zero-order valence-corrected chi connectivity index (χ0v) is 28.8. The number of rotatable bonds is 3. The summed E-state index contributed by atoms with van der Waals surface area (Å²) in [4.78, 5) is 0. The van der Waals surface area contributed by atoms with Crippen molar-refractivity contribution in [3.63, 3.8) is 0 Å². The Kier molecular flexibility index (Phi) is 18.5. The topological polar surface area (TPSA) is 0 Å². The summed E-state index contributed by atoms with van der Waals surface area (Å²) in [5.41, 5.74) is 2.69. The second-order valence-corrected chi connectivity index (χ2v) is 9.35. The molecule has 0 heterocycles. The van der Waals surface area contributed by atoms with Crippen molar-refractivity contribution in [3.8, 4) is 0 Å². The van der Waals surface area contributed by atoms with Gasteiger partial charge in [0.1, 0.15) is 0 Å². The van der Waals surface area contributed by atoms with Gasteiger partial charge in [-0.15, -0.1) is 56.9 Å². The molecule has 0 aliphatic carbocycles. The van der Waals surface area contributed by atoms with Crippen molar-refractivity contribution in [2.75, 3.05) is 0 Å². The van der Waals surface area contributed by atoms with Gasteiger partial charge in [-0.3, -0.25) is 0 Å². The van der Waals surface area contributed by atoms with E-state index >= 15 is 0 Å². The van der Waals surface area contributed by atoms with Gasteiger partial charge in [0.2, 0.25) is 0 Å². The van der Waals surface area contributed by atoms with Crippen LogP contribution in [0.3, 0.4) is 0 Å². The third-order valence-electron chi connectivity index (χ3n) is 6.48. The summed E-state index contributed by atoms with van der Waals surface area (Å²) >= 11 is 0. The summed E-state index contributed by atoms with van der Waals surface area (Å²) in [6.45, 7) is 10.6. The summed E-state index contributed by atoms with van der Waals surface area (Å²) < 4.78 is 0. The van der Waals surface area contributed by atoms with Gasteiger partial charge in [-0.1, -0.05) is 131 Å². The number of aryl methyl sites for hydroxylation is 2. The van der Waals surface area contributed by atoms with Crippen LogP contribution in [0, 0.1) is 13.8 Å². The van der Waals surface area contributed by atoms with Crippen LogP contribution >= 0.6 is 0 Å². The van der Waals surface area contributed by atoms with Crippen molar-refractivity contribution >= 4 is 53.3 Å². The number of fused-ring (bicyclic) bond motifs is 6. The molecule has 0 aliphatic rings. The third-order valence-corrected chi connectivity index (χ3v) is 6.48. The first-order chi connectivity index (χ1) is 17.6. The Morgan fingerprint density at radius 1 is 0.538 bits per heavy atom. The number of halogens is 2. The molecule has 0 aromatic heterocycles. The molecule has 0 N–H and O–H groups in total. The standard InChI is InChI=1S/2C14H11.C6H14.CH3Si.2ClH.Zr/c2*1-10-8-12-7-6-11-4-2-3-5-13(11)14(12)9-10;1-3-5-6-4-2;1-2;;;/h2*2-9H,1H3;3-6H2,1-2H3;1H3;2*1H;/q2*-1;;;;;+4/p-2. The predicted octanol–water partition coefficient (Wildman–Crippen LogP) is 4.84. The van der Waals surface area contributed by atoms with Crippen molar-refractivity contribution in [2.24, 2.45) is 0 Å². The first-order valence-corrected chi connectivity index (χ1v) is 14.2. The normalized spacial score (nSPS) is 9.59. The summed E-state index contributed by atoms with van der Waals surface area (Å²) in [5, 5.41) is 10.8. The monoisotopic (exact) mass is 647 g/mol. The van der Waals surface area contributed by atoms with Crippen molar-refractivity contribution in [3.05, 3.63) is 108 Å². The Bertz CT molecular complexity index is 1400. The Balaban J connectivity index is 0.000000554. The average Bonchev–Trinajstić information content (AvgIpc) is 3.50. The number of unbranched alkanes of at least 4 members (excludes halogenated alkanes) is 3. The molecule has 0 nitrogen and oxygen atoms in total. The zero-order valence-electron chi connectivity index (χ0n) is 23.8. The average molecular weight is 650 g/mol. The minimum Gasteiger partial charge on any atom is -1.00 e. The molecule has 0 amide bonds. The van der Waals surface area contributed by atoms with E-state index in [1.807, 2.05) is 0 Å². The smallest absolute Gasteiger partial charge is 1.00 e. The van der Waals surface area contributed by atoms with Crippen LogP contribution in [0.15, 0.2) is 97.1 Å². The van der Waals surface area contributed by atoms with Gasteiger partial charge in [-0.2, -0.15) is 12.1 Å². The molecule has 201 valence electrons. The second kappa shape index (κ2) is 19.4. The van der Waals surface area contributed by atoms with Gasteiger partial charge < -0.3 is 24.8 Å². The van der Waals surface area contributed by atoms with Crippen LogP contribution in [0.1, 0.15) is 50.7 Å². The molecule has 0 saturated heterocycles. The van der Waals surface area contributed by atoms with E-state index in [1.54, 1.807) is 6.55 Å². The van der Waals surface area contributed by atoms with Crippen molar-refractivity contribution < 1.29 is 51.0 Å². The van der Waals surface area contributed by atoms with E-state index in [0.717, 1.165) is 0 Å². The molecular formula is C35H39Cl2SiZr. The van der Waals surface area contributed by atoms with Gasteiger partial charge >= 0.3 is 26.2 Å². The summed E-state index contributed by atoms with van der Waals surface area (Å²) in [7, 11) is 2.97. The quantitative estimate of drug-likeness (QED) is 0.146. The number of hydrogen-bond donors (Lipinski definition) is 0. The number of hydrogen-bond acceptors (Lipinski definition) is 0. The van der Waals surface area contributed by atoms with Crippen LogP contribution in [-0.4, -0.2) is 10.2 Å². The van der Waals surface area contributed by atoms with Gasteiger partial charge in [0.25, 0.3) is 0 Å². The molecule has 3 radical (unpaired) electrons. The van der Waals surface area contributed by atoms with Crippen LogP contribution in [-0.2, 0) is 26.2 Å². The van der Waals surface area contributed by atoms with E-state index in [1.165, 1.54) is 79.9 Å². The summed E-state index contributed by atoms with van der Waals surface area (Å²) in [6.07, 6.45) is 5.54. The van der Waals surface area contributed by atoms with Gasteiger partial charge in [0, 0.05) is 10.2 Å². The molecule has 0 spiro atoms. The molecule has 0 saturated carbocycles.